The van der Waals surface area contributed by atoms with Gasteiger partial charge in [-0.25, -0.2) is 4.79 Å². The van der Waals surface area contributed by atoms with Gasteiger partial charge in [-0.15, -0.1) is 0 Å². The highest BCUT2D eigenvalue weighted by atomic mass is 16.5. The van der Waals surface area contributed by atoms with E-state index in [-0.39, 0.29) is 12.6 Å². The first-order valence-electron chi connectivity index (χ1n) is 9.18. The molecule has 0 bridgehead atoms. The van der Waals surface area contributed by atoms with Crippen LogP contribution >= 0.6 is 0 Å². The van der Waals surface area contributed by atoms with Crippen molar-refractivity contribution in [1.29, 1.82) is 0 Å². The van der Waals surface area contributed by atoms with E-state index in [1.807, 2.05) is 43.3 Å². The zero-order chi connectivity index (χ0) is 17.6. The van der Waals surface area contributed by atoms with E-state index < -0.39 is 0 Å². The van der Waals surface area contributed by atoms with Gasteiger partial charge in [-0.2, -0.15) is 0 Å². The molecule has 1 N–H and O–H groups in total. The summed E-state index contributed by atoms with van der Waals surface area (Å²) in [5.41, 5.74) is 4.44. The maximum Gasteiger partial charge on any atom is 0.338 e. The fourth-order valence-electron chi connectivity index (χ4n) is 2.83. The number of carbonyl (C=O) groups is 1. The molecule has 2 saturated carbocycles. The van der Waals surface area contributed by atoms with Gasteiger partial charge in [0.15, 0.2) is 0 Å². The summed E-state index contributed by atoms with van der Waals surface area (Å²) >= 11 is 0. The average Bonchev–Trinajstić information content (AvgIpc) is 3.55. The van der Waals surface area contributed by atoms with Crippen molar-refractivity contribution in [2.45, 2.75) is 51.0 Å². The fraction of sp³-hybridized carbons (Fsp3) is 0.409. The van der Waals surface area contributed by atoms with Crippen molar-refractivity contribution in [2.75, 3.05) is 6.61 Å². The van der Waals surface area contributed by atoms with Crippen LogP contribution in [-0.4, -0.2) is 17.7 Å². The third kappa shape index (κ3) is 5.17. The van der Waals surface area contributed by atoms with E-state index in [1.165, 1.54) is 36.8 Å². The lowest BCUT2D eigenvalue weighted by Crippen LogP contribution is -2.04. The SMILES string of the molecule is CCOC(=O)c1ccc(C2CC2)cc1.OCc1ccc(C2CC2)cc1. The third-order valence-electron chi connectivity index (χ3n) is 4.68. The zero-order valence-electron chi connectivity index (χ0n) is 14.8. The van der Waals surface area contributed by atoms with Crippen LogP contribution in [0.2, 0.25) is 0 Å². The second-order valence-corrected chi connectivity index (χ2v) is 6.79. The van der Waals surface area contributed by atoms with Crippen molar-refractivity contribution in [2.24, 2.45) is 0 Å². The molecule has 2 aromatic rings. The highest BCUT2D eigenvalue weighted by Crippen LogP contribution is 2.40. The van der Waals surface area contributed by atoms with Gasteiger partial charge < -0.3 is 9.84 Å². The normalized spacial score (nSPS) is 15.9. The smallest absolute Gasteiger partial charge is 0.338 e. The number of carbonyl (C=O) groups excluding carboxylic acids is 1. The second-order valence-electron chi connectivity index (χ2n) is 6.79. The Morgan fingerprint density at radius 1 is 0.920 bits per heavy atom. The van der Waals surface area contributed by atoms with Crippen LogP contribution in [0.4, 0.5) is 0 Å². The van der Waals surface area contributed by atoms with Crippen LogP contribution in [0.25, 0.3) is 0 Å². The molecule has 0 radical (unpaired) electrons. The summed E-state index contributed by atoms with van der Waals surface area (Å²) in [5.74, 6) is 1.34. The Hall–Kier alpha value is -2.13. The number of aliphatic hydroxyl groups excluding tert-OH is 1. The summed E-state index contributed by atoms with van der Waals surface area (Å²) < 4.78 is 4.90. The van der Waals surface area contributed by atoms with Gasteiger partial charge in [0.1, 0.15) is 0 Å². The molecule has 0 aromatic heterocycles. The largest absolute Gasteiger partial charge is 0.462 e. The third-order valence-corrected chi connectivity index (χ3v) is 4.68. The minimum absolute atomic E-state index is 0.158. The quantitative estimate of drug-likeness (QED) is 0.797. The highest BCUT2D eigenvalue weighted by Gasteiger charge is 2.23. The lowest BCUT2D eigenvalue weighted by Gasteiger charge is -2.02. The van der Waals surface area contributed by atoms with Gasteiger partial charge in [0.25, 0.3) is 0 Å². The van der Waals surface area contributed by atoms with Crippen molar-refractivity contribution in [3.05, 3.63) is 70.8 Å². The molecule has 2 aliphatic carbocycles. The summed E-state index contributed by atoms with van der Waals surface area (Å²) in [6, 6.07) is 16.0. The van der Waals surface area contributed by atoms with E-state index in [4.69, 9.17) is 9.84 Å². The maximum atomic E-state index is 11.3. The fourth-order valence-corrected chi connectivity index (χ4v) is 2.83. The van der Waals surface area contributed by atoms with Crippen LogP contribution in [0, 0.1) is 0 Å². The molecule has 3 nitrogen and oxygen atoms in total. The van der Waals surface area contributed by atoms with Crippen LogP contribution in [0.5, 0.6) is 0 Å². The van der Waals surface area contributed by atoms with E-state index in [0.29, 0.717) is 12.2 Å². The molecule has 2 aromatic carbocycles. The predicted molar refractivity (Wildman–Crippen MR) is 98.7 cm³/mol. The van der Waals surface area contributed by atoms with Gasteiger partial charge in [-0.05, 0) is 73.3 Å². The summed E-state index contributed by atoms with van der Waals surface area (Å²) in [6.07, 6.45) is 5.27. The van der Waals surface area contributed by atoms with Gasteiger partial charge >= 0.3 is 5.97 Å². The number of rotatable bonds is 5. The molecule has 0 saturated heterocycles. The second kappa shape index (κ2) is 8.30. The standard InChI is InChI=1S/C12H14O2.C10H12O/c1-2-14-12(13)11-7-5-10(6-8-11)9-3-4-9;11-7-8-1-3-9(4-2-8)10-5-6-10/h5-9H,2-4H2,1H3;1-4,10-11H,5-7H2. The molecule has 132 valence electrons. The Morgan fingerprint density at radius 3 is 1.80 bits per heavy atom. The Morgan fingerprint density at radius 2 is 1.40 bits per heavy atom. The van der Waals surface area contributed by atoms with Gasteiger partial charge in [-0.3, -0.25) is 0 Å². The first kappa shape index (κ1) is 17.7. The minimum atomic E-state index is -0.227. The number of hydrogen-bond donors (Lipinski definition) is 1. The number of esters is 1. The number of ether oxygens (including phenoxy) is 1. The average molecular weight is 338 g/mol. The lowest BCUT2D eigenvalue weighted by atomic mass is 10.1. The zero-order valence-corrected chi connectivity index (χ0v) is 14.8. The molecular formula is C22H26O3. The highest BCUT2D eigenvalue weighted by molar-refractivity contribution is 5.89. The number of aliphatic hydroxyl groups is 1. The van der Waals surface area contributed by atoms with Crippen LogP contribution in [0.1, 0.15) is 71.5 Å². The van der Waals surface area contributed by atoms with Crippen molar-refractivity contribution in [3.63, 3.8) is 0 Å². The van der Waals surface area contributed by atoms with Crippen LogP contribution in [0.3, 0.4) is 0 Å². The molecule has 2 fully saturated rings. The van der Waals surface area contributed by atoms with Crippen LogP contribution < -0.4 is 0 Å². The summed E-state index contributed by atoms with van der Waals surface area (Å²) in [6.45, 7) is 2.41. The van der Waals surface area contributed by atoms with Crippen molar-refractivity contribution >= 4 is 5.97 Å². The molecule has 2 aliphatic rings. The van der Waals surface area contributed by atoms with E-state index in [9.17, 15) is 4.79 Å². The van der Waals surface area contributed by atoms with E-state index in [2.05, 4.69) is 12.1 Å². The Balaban J connectivity index is 0.000000150. The van der Waals surface area contributed by atoms with Crippen molar-refractivity contribution < 1.29 is 14.6 Å². The van der Waals surface area contributed by atoms with Crippen molar-refractivity contribution in [1.82, 2.24) is 0 Å². The Labute approximate surface area is 149 Å². The van der Waals surface area contributed by atoms with Gasteiger partial charge in [0.05, 0.1) is 18.8 Å². The van der Waals surface area contributed by atoms with E-state index in [1.54, 1.807) is 0 Å². The minimum Gasteiger partial charge on any atom is -0.462 e. The Bertz CT molecular complexity index is 680. The van der Waals surface area contributed by atoms with Gasteiger partial charge in [0, 0.05) is 0 Å². The Kier molecular flexibility index (Phi) is 5.87. The lowest BCUT2D eigenvalue weighted by molar-refractivity contribution is 0.0526. The molecule has 0 spiro atoms. The molecule has 0 unspecified atom stereocenters. The number of hydrogen-bond acceptors (Lipinski definition) is 3. The molecular weight excluding hydrogens is 312 g/mol. The summed E-state index contributed by atoms with van der Waals surface area (Å²) in [5, 5.41) is 8.78. The summed E-state index contributed by atoms with van der Waals surface area (Å²) in [4.78, 5) is 11.3. The molecule has 0 amide bonds. The molecule has 3 heteroatoms. The van der Waals surface area contributed by atoms with Crippen LogP contribution in [-0.2, 0) is 11.3 Å². The molecule has 0 atom stereocenters. The van der Waals surface area contributed by atoms with Crippen LogP contribution in [0.15, 0.2) is 48.5 Å². The summed E-state index contributed by atoms with van der Waals surface area (Å²) in [7, 11) is 0. The maximum absolute atomic E-state index is 11.3. The van der Waals surface area contributed by atoms with Gasteiger partial charge in [-0.1, -0.05) is 36.4 Å². The first-order valence-corrected chi connectivity index (χ1v) is 9.18. The van der Waals surface area contributed by atoms with E-state index >= 15 is 0 Å². The molecule has 0 heterocycles. The predicted octanol–water partition coefficient (Wildman–Crippen LogP) is 4.80. The van der Waals surface area contributed by atoms with E-state index in [0.717, 1.165) is 17.4 Å². The molecule has 4 rings (SSSR count). The monoisotopic (exact) mass is 338 g/mol. The molecule has 25 heavy (non-hydrogen) atoms. The molecule has 0 aliphatic heterocycles. The van der Waals surface area contributed by atoms with Crippen molar-refractivity contribution in [3.8, 4) is 0 Å². The topological polar surface area (TPSA) is 46.5 Å². The number of benzene rings is 2. The first-order chi connectivity index (χ1) is 12.2. The van der Waals surface area contributed by atoms with Gasteiger partial charge in [0.2, 0.25) is 0 Å².